The molecule has 0 saturated carbocycles. The van der Waals surface area contributed by atoms with Crippen molar-refractivity contribution in [3.63, 3.8) is 0 Å². The molecule has 15 heavy (non-hydrogen) atoms. The van der Waals surface area contributed by atoms with Crippen molar-refractivity contribution in [2.45, 2.75) is 46.8 Å². The maximum absolute atomic E-state index is 9.68. The topological polar surface area (TPSA) is 32.7 Å². The molecule has 0 spiro atoms. The molecule has 0 aromatic heterocycles. The Labute approximate surface area is 94.4 Å². The number of hydrogen-bond acceptors (Lipinski definition) is 3. The van der Waals surface area contributed by atoms with Crippen LogP contribution in [0.4, 0.5) is 0 Å². The summed E-state index contributed by atoms with van der Waals surface area (Å²) >= 11 is 0. The van der Waals surface area contributed by atoms with E-state index in [1.165, 1.54) is 0 Å². The van der Waals surface area contributed by atoms with Crippen molar-refractivity contribution in [2.75, 3.05) is 26.8 Å². The Kier molecular flexibility index (Phi) is 6.41. The molecule has 0 aromatic rings. The maximum atomic E-state index is 9.68. The zero-order valence-corrected chi connectivity index (χ0v) is 11.1. The van der Waals surface area contributed by atoms with Gasteiger partial charge >= 0.3 is 0 Å². The van der Waals surface area contributed by atoms with Crippen molar-refractivity contribution in [3.8, 4) is 0 Å². The number of methoxy groups -OCH3 is 1. The van der Waals surface area contributed by atoms with E-state index in [0.29, 0.717) is 6.04 Å². The lowest BCUT2D eigenvalue weighted by molar-refractivity contribution is 0.0181. The van der Waals surface area contributed by atoms with Gasteiger partial charge in [0.1, 0.15) is 0 Å². The van der Waals surface area contributed by atoms with E-state index >= 15 is 0 Å². The third-order valence-corrected chi connectivity index (χ3v) is 3.05. The number of ether oxygens (including phenoxy) is 1. The van der Waals surface area contributed by atoms with Gasteiger partial charge in [0.2, 0.25) is 0 Å². The number of rotatable bonds is 7. The van der Waals surface area contributed by atoms with Crippen LogP contribution in [0.5, 0.6) is 0 Å². The van der Waals surface area contributed by atoms with E-state index in [4.69, 9.17) is 4.74 Å². The zero-order chi connectivity index (χ0) is 12.1. The van der Waals surface area contributed by atoms with Gasteiger partial charge in [0.05, 0.1) is 12.7 Å². The summed E-state index contributed by atoms with van der Waals surface area (Å²) in [4.78, 5) is 2.34. The molecule has 3 nitrogen and oxygen atoms in total. The van der Waals surface area contributed by atoms with Crippen molar-refractivity contribution in [2.24, 2.45) is 5.41 Å². The Bertz CT molecular complexity index is 167. The first kappa shape index (κ1) is 14.9. The van der Waals surface area contributed by atoms with Crippen molar-refractivity contribution in [3.05, 3.63) is 0 Å². The Hall–Kier alpha value is -0.120. The van der Waals surface area contributed by atoms with Crippen LogP contribution >= 0.6 is 0 Å². The van der Waals surface area contributed by atoms with Crippen LogP contribution in [0, 0.1) is 5.41 Å². The van der Waals surface area contributed by atoms with E-state index in [1.54, 1.807) is 7.11 Å². The van der Waals surface area contributed by atoms with Crippen molar-refractivity contribution >= 4 is 0 Å². The molecule has 0 aliphatic heterocycles. The molecule has 1 atom stereocenters. The Balaban J connectivity index is 4.27. The smallest absolute Gasteiger partial charge is 0.0589 e. The van der Waals surface area contributed by atoms with Crippen LogP contribution in [-0.2, 0) is 4.74 Å². The van der Waals surface area contributed by atoms with Gasteiger partial charge in [-0.25, -0.2) is 0 Å². The molecule has 0 aliphatic carbocycles. The van der Waals surface area contributed by atoms with E-state index in [-0.39, 0.29) is 11.5 Å². The first-order valence-corrected chi connectivity index (χ1v) is 5.72. The molecule has 92 valence electrons. The number of hydrogen-bond donors (Lipinski definition) is 1. The predicted octanol–water partition coefficient (Wildman–Crippen LogP) is 1.75. The highest BCUT2D eigenvalue weighted by Crippen LogP contribution is 2.22. The molecule has 0 aromatic carbocycles. The molecule has 0 amide bonds. The molecular formula is C12H27NO2. The minimum absolute atomic E-state index is 0.0714. The van der Waals surface area contributed by atoms with Crippen LogP contribution in [0.25, 0.3) is 0 Å². The fraction of sp³-hybridized carbons (Fsp3) is 1.00. The zero-order valence-electron chi connectivity index (χ0n) is 11.1. The van der Waals surface area contributed by atoms with Crippen LogP contribution in [0.3, 0.4) is 0 Å². The van der Waals surface area contributed by atoms with Gasteiger partial charge in [-0.2, -0.15) is 0 Å². The van der Waals surface area contributed by atoms with Gasteiger partial charge in [-0.05, 0) is 20.8 Å². The maximum Gasteiger partial charge on any atom is 0.0589 e. The first-order valence-electron chi connectivity index (χ1n) is 5.72. The van der Waals surface area contributed by atoms with Crippen LogP contribution in [0.15, 0.2) is 0 Å². The van der Waals surface area contributed by atoms with Gasteiger partial charge in [-0.1, -0.05) is 13.8 Å². The molecule has 0 saturated heterocycles. The van der Waals surface area contributed by atoms with E-state index in [2.05, 4.69) is 32.6 Å². The highest BCUT2D eigenvalue weighted by Gasteiger charge is 2.27. The van der Waals surface area contributed by atoms with Gasteiger partial charge in [0.25, 0.3) is 0 Å². The van der Waals surface area contributed by atoms with E-state index < -0.39 is 0 Å². The molecule has 3 heteroatoms. The molecule has 0 fully saturated rings. The largest absolute Gasteiger partial charge is 0.393 e. The lowest BCUT2D eigenvalue weighted by atomic mass is 9.86. The second-order valence-corrected chi connectivity index (χ2v) is 5.22. The summed E-state index contributed by atoms with van der Waals surface area (Å²) in [6.45, 7) is 13.0. The van der Waals surface area contributed by atoms with Crippen LogP contribution in [0.2, 0.25) is 0 Å². The Morgan fingerprint density at radius 2 is 1.80 bits per heavy atom. The number of nitrogens with zero attached hydrogens (tertiary/aromatic N) is 1. The summed E-state index contributed by atoms with van der Waals surface area (Å²) in [7, 11) is 1.72. The summed E-state index contributed by atoms with van der Waals surface area (Å²) in [5.74, 6) is 0. The molecular weight excluding hydrogens is 190 g/mol. The second kappa shape index (κ2) is 6.46. The van der Waals surface area contributed by atoms with Gasteiger partial charge in [0.15, 0.2) is 0 Å². The first-order chi connectivity index (χ1) is 6.81. The molecule has 0 bridgehead atoms. The molecule has 0 rings (SSSR count). The van der Waals surface area contributed by atoms with Crippen LogP contribution in [-0.4, -0.2) is 49.0 Å². The Morgan fingerprint density at radius 3 is 2.13 bits per heavy atom. The fourth-order valence-corrected chi connectivity index (χ4v) is 1.38. The van der Waals surface area contributed by atoms with Crippen molar-refractivity contribution in [1.29, 1.82) is 0 Å². The monoisotopic (exact) mass is 217 g/mol. The SMILES string of the molecule is COCCN(CC(C)(C)C(C)O)C(C)C. The lowest BCUT2D eigenvalue weighted by Gasteiger charge is -2.36. The normalized spacial score (nSPS) is 15.0. The fourth-order valence-electron chi connectivity index (χ4n) is 1.38. The third-order valence-electron chi connectivity index (χ3n) is 3.05. The third kappa shape index (κ3) is 5.50. The molecule has 1 N–H and O–H groups in total. The van der Waals surface area contributed by atoms with Gasteiger partial charge in [0, 0.05) is 31.7 Å². The molecule has 0 heterocycles. The average molecular weight is 217 g/mol. The number of aliphatic hydroxyl groups excluding tert-OH is 1. The molecule has 0 aliphatic rings. The summed E-state index contributed by atoms with van der Waals surface area (Å²) in [6, 6.07) is 0.484. The van der Waals surface area contributed by atoms with E-state index in [1.807, 2.05) is 6.92 Å². The standard InChI is InChI=1S/C12H27NO2/c1-10(2)13(7-8-15-6)9-12(4,5)11(3)14/h10-11,14H,7-9H2,1-6H3. The molecule has 0 radical (unpaired) electrons. The lowest BCUT2D eigenvalue weighted by Crippen LogP contribution is -2.44. The quantitative estimate of drug-likeness (QED) is 0.705. The summed E-state index contributed by atoms with van der Waals surface area (Å²) in [5, 5.41) is 9.68. The van der Waals surface area contributed by atoms with Crippen LogP contribution in [0.1, 0.15) is 34.6 Å². The average Bonchev–Trinajstić information content (AvgIpc) is 2.11. The van der Waals surface area contributed by atoms with Crippen molar-refractivity contribution in [1.82, 2.24) is 4.90 Å². The minimum atomic E-state index is -0.290. The predicted molar refractivity (Wildman–Crippen MR) is 64.0 cm³/mol. The number of aliphatic hydroxyl groups is 1. The summed E-state index contributed by atoms with van der Waals surface area (Å²) in [5.41, 5.74) is -0.0714. The Morgan fingerprint density at radius 1 is 1.27 bits per heavy atom. The van der Waals surface area contributed by atoms with Gasteiger partial charge in [-0.3, -0.25) is 4.90 Å². The van der Waals surface area contributed by atoms with E-state index in [9.17, 15) is 5.11 Å². The second-order valence-electron chi connectivity index (χ2n) is 5.22. The highest BCUT2D eigenvalue weighted by atomic mass is 16.5. The van der Waals surface area contributed by atoms with Crippen LogP contribution < -0.4 is 0 Å². The van der Waals surface area contributed by atoms with Gasteiger partial charge in [-0.15, -0.1) is 0 Å². The van der Waals surface area contributed by atoms with Crippen molar-refractivity contribution < 1.29 is 9.84 Å². The minimum Gasteiger partial charge on any atom is -0.393 e. The highest BCUT2D eigenvalue weighted by molar-refractivity contribution is 4.80. The summed E-state index contributed by atoms with van der Waals surface area (Å²) < 4.78 is 5.09. The molecule has 1 unspecified atom stereocenters. The van der Waals surface area contributed by atoms with E-state index in [0.717, 1.165) is 19.7 Å². The van der Waals surface area contributed by atoms with Gasteiger partial charge < -0.3 is 9.84 Å². The summed E-state index contributed by atoms with van der Waals surface area (Å²) in [6.07, 6.45) is -0.290.